The standard InChI is InChI=1S/C10H6ClIN2O/c11-7-5-13-10(14-6-7)15-9-3-1-2-8(12)4-9/h1-6H. The van der Waals surface area contributed by atoms with Crippen LogP contribution in [0.3, 0.4) is 0 Å². The molecule has 0 N–H and O–H groups in total. The first-order valence-corrected chi connectivity index (χ1v) is 5.61. The van der Waals surface area contributed by atoms with Crippen molar-refractivity contribution in [1.82, 2.24) is 9.97 Å². The third-order valence-corrected chi connectivity index (χ3v) is 2.47. The Labute approximate surface area is 106 Å². The van der Waals surface area contributed by atoms with Gasteiger partial charge in [0.05, 0.1) is 17.4 Å². The van der Waals surface area contributed by atoms with Crippen LogP contribution < -0.4 is 4.74 Å². The molecule has 0 saturated heterocycles. The van der Waals surface area contributed by atoms with Crippen LogP contribution in [0.1, 0.15) is 0 Å². The zero-order valence-electron chi connectivity index (χ0n) is 7.52. The van der Waals surface area contributed by atoms with Crippen LogP contribution >= 0.6 is 34.2 Å². The van der Waals surface area contributed by atoms with Crippen LogP contribution in [0.25, 0.3) is 0 Å². The molecule has 2 aromatic rings. The lowest BCUT2D eigenvalue weighted by Crippen LogP contribution is -1.90. The Hall–Kier alpha value is -0.880. The molecule has 3 nitrogen and oxygen atoms in total. The number of aromatic nitrogens is 2. The van der Waals surface area contributed by atoms with Crippen molar-refractivity contribution in [3.05, 3.63) is 45.3 Å². The molecule has 5 heteroatoms. The van der Waals surface area contributed by atoms with E-state index in [0.717, 1.165) is 3.57 Å². The molecule has 2 rings (SSSR count). The number of halogens is 2. The van der Waals surface area contributed by atoms with Crippen molar-refractivity contribution in [3.63, 3.8) is 0 Å². The van der Waals surface area contributed by atoms with Crippen LogP contribution in [0, 0.1) is 3.57 Å². The van der Waals surface area contributed by atoms with Gasteiger partial charge in [0.15, 0.2) is 0 Å². The van der Waals surface area contributed by atoms with E-state index >= 15 is 0 Å². The number of hydrogen-bond donors (Lipinski definition) is 0. The van der Waals surface area contributed by atoms with E-state index in [0.29, 0.717) is 16.8 Å². The second kappa shape index (κ2) is 4.76. The first kappa shape index (κ1) is 10.6. The molecule has 0 fully saturated rings. The maximum absolute atomic E-state index is 5.66. The van der Waals surface area contributed by atoms with Gasteiger partial charge in [0.2, 0.25) is 0 Å². The van der Waals surface area contributed by atoms with E-state index in [9.17, 15) is 0 Å². The SMILES string of the molecule is Clc1cnc(Oc2cccc(I)c2)nc1. The molecule has 1 heterocycles. The van der Waals surface area contributed by atoms with Crippen LogP contribution in [-0.4, -0.2) is 9.97 Å². The molecule has 0 unspecified atom stereocenters. The van der Waals surface area contributed by atoms with Crippen LogP contribution in [-0.2, 0) is 0 Å². The number of nitrogens with zero attached hydrogens (tertiary/aromatic N) is 2. The Balaban J connectivity index is 2.18. The molecule has 0 atom stereocenters. The first-order chi connectivity index (χ1) is 7.24. The van der Waals surface area contributed by atoms with Gasteiger partial charge in [0.1, 0.15) is 5.75 Å². The quantitative estimate of drug-likeness (QED) is 0.789. The monoisotopic (exact) mass is 332 g/mol. The summed E-state index contributed by atoms with van der Waals surface area (Å²) in [6.45, 7) is 0. The highest BCUT2D eigenvalue weighted by Gasteiger charge is 2.00. The van der Waals surface area contributed by atoms with Gasteiger partial charge in [-0.15, -0.1) is 0 Å². The summed E-state index contributed by atoms with van der Waals surface area (Å²) in [7, 11) is 0. The van der Waals surface area contributed by atoms with Crippen molar-refractivity contribution in [3.8, 4) is 11.8 Å². The Morgan fingerprint density at radius 3 is 2.60 bits per heavy atom. The van der Waals surface area contributed by atoms with Crippen LogP contribution in [0.15, 0.2) is 36.7 Å². The molecule has 0 aliphatic heterocycles. The van der Waals surface area contributed by atoms with Gasteiger partial charge in [0, 0.05) is 3.57 Å². The summed E-state index contributed by atoms with van der Waals surface area (Å²) in [6, 6.07) is 7.93. The van der Waals surface area contributed by atoms with E-state index in [1.165, 1.54) is 12.4 Å². The van der Waals surface area contributed by atoms with Crippen molar-refractivity contribution in [2.24, 2.45) is 0 Å². The van der Waals surface area contributed by atoms with Gasteiger partial charge in [-0.2, -0.15) is 0 Å². The predicted octanol–water partition coefficient (Wildman–Crippen LogP) is 3.53. The third kappa shape index (κ3) is 3.04. The molecule has 0 radical (unpaired) electrons. The Bertz CT molecular complexity index is 461. The lowest BCUT2D eigenvalue weighted by Gasteiger charge is -2.03. The molecule has 15 heavy (non-hydrogen) atoms. The van der Waals surface area contributed by atoms with Crippen molar-refractivity contribution >= 4 is 34.2 Å². The summed E-state index contributed by atoms with van der Waals surface area (Å²) in [5.74, 6) is 0.712. The van der Waals surface area contributed by atoms with E-state index in [-0.39, 0.29) is 0 Å². The normalized spacial score (nSPS) is 10.0. The zero-order chi connectivity index (χ0) is 10.7. The van der Waals surface area contributed by atoms with Gasteiger partial charge in [-0.1, -0.05) is 17.7 Å². The van der Waals surface area contributed by atoms with Crippen LogP contribution in [0.5, 0.6) is 11.8 Å². The lowest BCUT2D eigenvalue weighted by atomic mass is 10.3. The molecule has 1 aromatic carbocycles. The zero-order valence-corrected chi connectivity index (χ0v) is 10.4. The van der Waals surface area contributed by atoms with Crippen molar-refractivity contribution in [2.45, 2.75) is 0 Å². The minimum Gasteiger partial charge on any atom is -0.424 e. The van der Waals surface area contributed by atoms with E-state index in [1.54, 1.807) is 0 Å². The predicted molar refractivity (Wildman–Crippen MR) is 66.3 cm³/mol. The minimum atomic E-state index is 0.293. The fourth-order valence-corrected chi connectivity index (χ4v) is 1.60. The second-order valence-corrected chi connectivity index (χ2v) is 4.43. The highest BCUT2D eigenvalue weighted by atomic mass is 127. The van der Waals surface area contributed by atoms with E-state index in [1.807, 2.05) is 24.3 Å². The molecule has 0 spiro atoms. The van der Waals surface area contributed by atoms with Crippen LogP contribution in [0.4, 0.5) is 0 Å². The van der Waals surface area contributed by atoms with E-state index in [2.05, 4.69) is 32.6 Å². The Morgan fingerprint density at radius 2 is 1.93 bits per heavy atom. The van der Waals surface area contributed by atoms with E-state index < -0.39 is 0 Å². The minimum absolute atomic E-state index is 0.293. The maximum atomic E-state index is 5.66. The molecule has 0 aliphatic rings. The summed E-state index contributed by atoms with van der Waals surface area (Å²) in [5.41, 5.74) is 0. The Morgan fingerprint density at radius 1 is 1.20 bits per heavy atom. The fourth-order valence-electron chi connectivity index (χ4n) is 0.989. The molecule has 1 aromatic heterocycles. The van der Waals surface area contributed by atoms with Crippen molar-refractivity contribution in [1.29, 1.82) is 0 Å². The average molecular weight is 333 g/mol. The number of benzene rings is 1. The fraction of sp³-hybridized carbons (Fsp3) is 0. The summed E-state index contributed by atoms with van der Waals surface area (Å²) in [5, 5.41) is 0.491. The molecule has 0 saturated carbocycles. The molecular formula is C10H6ClIN2O. The molecular weight excluding hydrogens is 326 g/mol. The topological polar surface area (TPSA) is 35.0 Å². The van der Waals surface area contributed by atoms with Gasteiger partial charge < -0.3 is 4.74 Å². The molecule has 0 aliphatic carbocycles. The van der Waals surface area contributed by atoms with Gasteiger partial charge >= 0.3 is 6.01 Å². The molecule has 0 amide bonds. The van der Waals surface area contributed by atoms with E-state index in [4.69, 9.17) is 16.3 Å². The molecule has 76 valence electrons. The van der Waals surface area contributed by atoms with Crippen molar-refractivity contribution in [2.75, 3.05) is 0 Å². The summed E-state index contributed by atoms with van der Waals surface area (Å²) in [4.78, 5) is 7.87. The number of ether oxygens (including phenoxy) is 1. The van der Waals surface area contributed by atoms with Gasteiger partial charge in [-0.25, -0.2) is 9.97 Å². The maximum Gasteiger partial charge on any atom is 0.321 e. The third-order valence-electron chi connectivity index (χ3n) is 1.60. The van der Waals surface area contributed by atoms with Gasteiger partial charge in [0.25, 0.3) is 0 Å². The highest BCUT2D eigenvalue weighted by molar-refractivity contribution is 14.1. The second-order valence-electron chi connectivity index (χ2n) is 2.74. The smallest absolute Gasteiger partial charge is 0.321 e. The largest absolute Gasteiger partial charge is 0.424 e. The van der Waals surface area contributed by atoms with Crippen molar-refractivity contribution < 1.29 is 4.74 Å². The summed E-state index contributed by atoms with van der Waals surface area (Å²) < 4.78 is 6.52. The lowest BCUT2D eigenvalue weighted by molar-refractivity contribution is 0.441. The Kier molecular flexibility index (Phi) is 3.37. The summed E-state index contributed by atoms with van der Waals surface area (Å²) in [6.07, 6.45) is 3.00. The molecule has 0 bridgehead atoms. The van der Waals surface area contributed by atoms with Gasteiger partial charge in [-0.3, -0.25) is 0 Å². The first-order valence-electron chi connectivity index (χ1n) is 4.15. The summed E-state index contributed by atoms with van der Waals surface area (Å²) >= 11 is 7.87. The number of rotatable bonds is 2. The average Bonchev–Trinajstić information content (AvgIpc) is 2.22. The van der Waals surface area contributed by atoms with Gasteiger partial charge in [-0.05, 0) is 40.8 Å². The highest BCUT2D eigenvalue weighted by Crippen LogP contribution is 2.20. The number of hydrogen-bond acceptors (Lipinski definition) is 3. The van der Waals surface area contributed by atoms with Crippen LogP contribution in [0.2, 0.25) is 5.02 Å².